The summed E-state index contributed by atoms with van der Waals surface area (Å²) in [4.78, 5) is 2.38. The molecule has 0 saturated heterocycles. The van der Waals surface area contributed by atoms with Crippen molar-refractivity contribution in [3.8, 4) is 33.4 Å². The first-order valence-corrected chi connectivity index (χ1v) is 19.5. The molecule has 258 valence electrons. The maximum absolute atomic E-state index is 6.30. The van der Waals surface area contributed by atoms with E-state index in [-0.39, 0.29) is 0 Å². The van der Waals surface area contributed by atoms with Crippen molar-refractivity contribution in [2.45, 2.75) is 0 Å². The van der Waals surface area contributed by atoms with E-state index < -0.39 is 0 Å². The predicted octanol–water partition coefficient (Wildman–Crippen LogP) is 15.6. The summed E-state index contributed by atoms with van der Waals surface area (Å²) in [6.07, 6.45) is 0. The molecule has 11 rings (SSSR count). The third-order valence-electron chi connectivity index (χ3n) is 10.8. The Hall–Kier alpha value is -6.94. The van der Waals surface area contributed by atoms with Gasteiger partial charge in [0.15, 0.2) is 0 Å². The molecule has 0 amide bonds. The molecule has 0 aliphatic carbocycles. The first-order valence-electron chi connectivity index (χ1n) is 18.7. The summed E-state index contributed by atoms with van der Waals surface area (Å²) in [6.45, 7) is 0. The Balaban J connectivity index is 1.04. The zero-order valence-corrected chi connectivity index (χ0v) is 30.6. The van der Waals surface area contributed by atoms with Crippen LogP contribution in [0.15, 0.2) is 205 Å². The quantitative estimate of drug-likeness (QED) is 0.170. The molecule has 0 N–H and O–H groups in total. The number of rotatable bonds is 6. The number of fused-ring (bicyclic) bond motifs is 7. The van der Waals surface area contributed by atoms with Gasteiger partial charge >= 0.3 is 0 Å². The van der Waals surface area contributed by atoms with E-state index in [1.54, 1.807) is 0 Å². The van der Waals surface area contributed by atoms with Crippen LogP contribution in [0.5, 0.6) is 0 Å². The lowest BCUT2D eigenvalue weighted by molar-refractivity contribution is 0.669. The van der Waals surface area contributed by atoms with Gasteiger partial charge in [0.1, 0.15) is 11.2 Å². The molecule has 0 aliphatic rings. The molecule has 3 heteroatoms. The average molecular weight is 720 g/mol. The molecule has 55 heavy (non-hydrogen) atoms. The summed E-state index contributed by atoms with van der Waals surface area (Å²) in [5.74, 6) is 0. The molecule has 0 saturated carbocycles. The summed E-state index contributed by atoms with van der Waals surface area (Å²) in [6, 6.07) is 72.3. The lowest BCUT2D eigenvalue weighted by Crippen LogP contribution is -2.10. The highest BCUT2D eigenvalue weighted by atomic mass is 32.1. The number of furan rings is 1. The SMILES string of the molecule is c1cc(-c2ccc3c(c2)oc2ccccc23)cc(N(c2ccc(-c3ccc4ccccc4c3)cc2)c2cccc(-c3cccc4c3sc3ccccc34)c2)c1. The van der Waals surface area contributed by atoms with Crippen LogP contribution in [0.25, 0.3) is 86.3 Å². The standard InChI is InChI=1S/C52H33NOS/c1-2-11-36-30-38(23-22-34(36)10-1)35-24-27-41(28-25-35)53(42-14-7-12-37(31-42)39-26-29-46-45-16-3-5-20-49(45)54-50(46)33-39)43-15-8-13-40(32-43)44-18-9-19-48-47-17-4-6-21-51(47)55-52(44)48/h1-33H. The fourth-order valence-electron chi connectivity index (χ4n) is 8.14. The first-order chi connectivity index (χ1) is 27.2. The summed E-state index contributed by atoms with van der Waals surface area (Å²) < 4.78 is 8.92. The van der Waals surface area contributed by atoms with Gasteiger partial charge in [-0.2, -0.15) is 0 Å². The number of para-hydroxylation sites is 1. The van der Waals surface area contributed by atoms with Crippen LogP contribution in [-0.4, -0.2) is 0 Å². The molecule has 2 heterocycles. The Morgan fingerprint density at radius 1 is 0.345 bits per heavy atom. The zero-order valence-electron chi connectivity index (χ0n) is 29.8. The number of hydrogen-bond donors (Lipinski definition) is 0. The molecule has 0 spiro atoms. The van der Waals surface area contributed by atoms with E-state index in [1.807, 2.05) is 23.5 Å². The molecule has 11 aromatic rings. The van der Waals surface area contributed by atoms with Crippen molar-refractivity contribution in [2.75, 3.05) is 4.90 Å². The zero-order chi connectivity index (χ0) is 36.3. The molecule has 2 aromatic heterocycles. The van der Waals surface area contributed by atoms with Gasteiger partial charge in [0.25, 0.3) is 0 Å². The number of anilines is 3. The van der Waals surface area contributed by atoms with Crippen LogP contribution >= 0.6 is 11.3 Å². The number of nitrogens with zero attached hydrogens (tertiary/aromatic N) is 1. The minimum atomic E-state index is 0.897. The normalized spacial score (nSPS) is 11.6. The number of benzene rings is 9. The summed E-state index contributed by atoms with van der Waals surface area (Å²) in [7, 11) is 0. The highest BCUT2D eigenvalue weighted by molar-refractivity contribution is 7.26. The Morgan fingerprint density at radius 3 is 1.84 bits per heavy atom. The summed E-state index contributed by atoms with van der Waals surface area (Å²) in [5.41, 5.74) is 12.2. The van der Waals surface area contributed by atoms with Crippen molar-refractivity contribution in [3.63, 3.8) is 0 Å². The first kappa shape index (κ1) is 31.6. The maximum Gasteiger partial charge on any atom is 0.136 e. The highest BCUT2D eigenvalue weighted by Gasteiger charge is 2.17. The van der Waals surface area contributed by atoms with Crippen LogP contribution < -0.4 is 4.90 Å². The number of hydrogen-bond acceptors (Lipinski definition) is 3. The number of thiophene rings is 1. The third kappa shape index (κ3) is 5.48. The van der Waals surface area contributed by atoms with Gasteiger partial charge in [-0.1, -0.05) is 133 Å². The molecular weight excluding hydrogens is 687 g/mol. The largest absolute Gasteiger partial charge is 0.456 e. The predicted molar refractivity (Wildman–Crippen MR) is 235 cm³/mol. The van der Waals surface area contributed by atoms with Gasteiger partial charge in [0, 0.05) is 48.0 Å². The van der Waals surface area contributed by atoms with Crippen LogP contribution in [0, 0.1) is 0 Å². The lowest BCUT2D eigenvalue weighted by Gasteiger charge is -2.27. The van der Waals surface area contributed by atoms with Crippen LogP contribution in [0.2, 0.25) is 0 Å². The second-order valence-electron chi connectivity index (χ2n) is 14.1. The van der Waals surface area contributed by atoms with Crippen LogP contribution in [0.3, 0.4) is 0 Å². The van der Waals surface area contributed by atoms with Gasteiger partial charge < -0.3 is 9.32 Å². The average Bonchev–Trinajstić information content (AvgIpc) is 3.82. The maximum atomic E-state index is 6.30. The molecule has 0 aliphatic heterocycles. The molecule has 0 unspecified atom stereocenters. The minimum Gasteiger partial charge on any atom is -0.456 e. The van der Waals surface area contributed by atoms with Crippen LogP contribution in [0.1, 0.15) is 0 Å². The van der Waals surface area contributed by atoms with Gasteiger partial charge in [-0.3, -0.25) is 0 Å². The molecule has 0 atom stereocenters. The third-order valence-corrected chi connectivity index (χ3v) is 12.1. The summed E-state index contributed by atoms with van der Waals surface area (Å²) >= 11 is 1.87. The molecule has 0 bridgehead atoms. The van der Waals surface area contributed by atoms with Crippen molar-refractivity contribution in [1.82, 2.24) is 0 Å². The van der Waals surface area contributed by atoms with Crippen LogP contribution in [-0.2, 0) is 0 Å². The van der Waals surface area contributed by atoms with E-state index >= 15 is 0 Å². The Bertz CT molecular complexity index is 3220. The van der Waals surface area contributed by atoms with E-state index in [2.05, 4.69) is 193 Å². The lowest BCUT2D eigenvalue weighted by atomic mass is 9.99. The monoisotopic (exact) mass is 719 g/mol. The van der Waals surface area contributed by atoms with Gasteiger partial charge in [-0.05, 0) is 111 Å². The smallest absolute Gasteiger partial charge is 0.136 e. The van der Waals surface area contributed by atoms with Crippen molar-refractivity contribution in [1.29, 1.82) is 0 Å². The van der Waals surface area contributed by atoms with E-state index in [0.717, 1.165) is 50.1 Å². The summed E-state index contributed by atoms with van der Waals surface area (Å²) in [5, 5.41) is 7.38. The molecule has 0 radical (unpaired) electrons. The Labute approximate surface area is 322 Å². The minimum absolute atomic E-state index is 0.897. The second kappa shape index (κ2) is 12.9. The molecule has 9 aromatic carbocycles. The van der Waals surface area contributed by atoms with E-state index in [1.165, 1.54) is 53.2 Å². The molecular formula is C52H33NOS. The van der Waals surface area contributed by atoms with Crippen LogP contribution in [0.4, 0.5) is 17.1 Å². The van der Waals surface area contributed by atoms with Crippen molar-refractivity contribution in [3.05, 3.63) is 200 Å². The van der Waals surface area contributed by atoms with Gasteiger partial charge in [0.2, 0.25) is 0 Å². The van der Waals surface area contributed by atoms with E-state index in [9.17, 15) is 0 Å². The molecule has 2 nitrogen and oxygen atoms in total. The van der Waals surface area contributed by atoms with Gasteiger partial charge in [-0.25, -0.2) is 0 Å². The fourth-order valence-corrected chi connectivity index (χ4v) is 9.37. The van der Waals surface area contributed by atoms with E-state index in [4.69, 9.17) is 4.42 Å². The Morgan fingerprint density at radius 2 is 0.964 bits per heavy atom. The second-order valence-corrected chi connectivity index (χ2v) is 15.2. The molecule has 0 fully saturated rings. The van der Waals surface area contributed by atoms with E-state index in [0.29, 0.717) is 0 Å². The highest BCUT2D eigenvalue weighted by Crippen LogP contribution is 2.43. The van der Waals surface area contributed by atoms with Gasteiger partial charge in [-0.15, -0.1) is 11.3 Å². The van der Waals surface area contributed by atoms with Crippen molar-refractivity contribution >= 4 is 81.3 Å². The van der Waals surface area contributed by atoms with Crippen molar-refractivity contribution < 1.29 is 4.42 Å². The fraction of sp³-hybridized carbons (Fsp3) is 0. The van der Waals surface area contributed by atoms with Gasteiger partial charge in [0.05, 0.1) is 0 Å². The van der Waals surface area contributed by atoms with Crippen molar-refractivity contribution in [2.24, 2.45) is 0 Å². The Kier molecular flexibility index (Phi) is 7.39. The topological polar surface area (TPSA) is 16.4 Å².